The third-order valence-corrected chi connectivity index (χ3v) is 4.26. The van der Waals surface area contributed by atoms with Crippen LogP contribution >= 0.6 is 24.0 Å². The second-order valence-corrected chi connectivity index (χ2v) is 6.72. The zero-order valence-electron chi connectivity index (χ0n) is 16.2. The number of hydrogen-bond donors (Lipinski definition) is 2. The first-order chi connectivity index (χ1) is 12.1. The van der Waals surface area contributed by atoms with Gasteiger partial charge in [-0.3, -0.25) is 9.89 Å². The van der Waals surface area contributed by atoms with Crippen molar-refractivity contribution in [3.63, 3.8) is 0 Å². The van der Waals surface area contributed by atoms with Crippen LogP contribution in [0, 0.1) is 0 Å². The summed E-state index contributed by atoms with van der Waals surface area (Å²) < 4.78 is 5.27. The van der Waals surface area contributed by atoms with Crippen LogP contribution in [0.4, 0.5) is 0 Å². The Bertz CT molecular complexity index is 552. The molecule has 148 valence electrons. The third kappa shape index (κ3) is 7.61. The van der Waals surface area contributed by atoms with Crippen molar-refractivity contribution in [3.05, 3.63) is 24.4 Å². The van der Waals surface area contributed by atoms with Gasteiger partial charge in [-0.05, 0) is 19.8 Å². The fourth-order valence-corrected chi connectivity index (χ4v) is 2.82. The number of piperidine rings is 1. The fourth-order valence-electron chi connectivity index (χ4n) is 2.82. The number of likely N-dealkylation sites (tertiary alicyclic amines) is 1. The summed E-state index contributed by atoms with van der Waals surface area (Å²) in [6.45, 7) is 14.7. The maximum atomic E-state index is 5.27. The van der Waals surface area contributed by atoms with E-state index in [0.717, 1.165) is 50.8 Å². The third-order valence-electron chi connectivity index (χ3n) is 4.26. The van der Waals surface area contributed by atoms with Gasteiger partial charge in [0.2, 0.25) is 5.89 Å². The second-order valence-electron chi connectivity index (χ2n) is 6.72. The number of guanidine groups is 1. The van der Waals surface area contributed by atoms with Crippen molar-refractivity contribution in [1.82, 2.24) is 25.7 Å². The number of aromatic nitrogens is 2. The molecule has 1 aliphatic rings. The van der Waals surface area contributed by atoms with Gasteiger partial charge >= 0.3 is 0 Å². The predicted octanol–water partition coefficient (Wildman–Crippen LogP) is 2.56. The molecule has 0 amide bonds. The van der Waals surface area contributed by atoms with E-state index in [4.69, 9.17) is 4.52 Å². The SMILES string of the molecule is C=CCN1CCC(NC(=NCCc2nc(C(C)C)no2)NCC)CC1.I. The molecule has 0 saturated carbocycles. The molecule has 0 atom stereocenters. The Morgan fingerprint density at radius 3 is 2.73 bits per heavy atom. The van der Waals surface area contributed by atoms with Gasteiger partial charge in [-0.2, -0.15) is 4.98 Å². The number of aliphatic imine (C=N–C) groups is 1. The van der Waals surface area contributed by atoms with Gasteiger partial charge in [0, 0.05) is 44.6 Å². The molecule has 8 heteroatoms. The van der Waals surface area contributed by atoms with Crippen molar-refractivity contribution in [1.29, 1.82) is 0 Å². The lowest BCUT2D eigenvalue weighted by Gasteiger charge is -2.32. The molecule has 0 unspecified atom stereocenters. The fraction of sp³-hybridized carbons (Fsp3) is 0.722. The van der Waals surface area contributed by atoms with Crippen LogP contribution in [-0.2, 0) is 6.42 Å². The molecule has 7 nitrogen and oxygen atoms in total. The van der Waals surface area contributed by atoms with Crippen LogP contribution < -0.4 is 10.6 Å². The van der Waals surface area contributed by atoms with Crippen LogP contribution in [-0.4, -0.2) is 59.8 Å². The Labute approximate surface area is 174 Å². The minimum Gasteiger partial charge on any atom is -0.357 e. The molecule has 26 heavy (non-hydrogen) atoms. The average molecular weight is 476 g/mol. The number of rotatable bonds is 8. The summed E-state index contributed by atoms with van der Waals surface area (Å²) in [6.07, 6.45) is 4.88. The van der Waals surface area contributed by atoms with Crippen molar-refractivity contribution in [2.24, 2.45) is 4.99 Å². The average Bonchev–Trinajstić information content (AvgIpc) is 3.06. The standard InChI is InChI=1S/C18H32N6O.HI/c1-5-11-24-12-8-15(9-13-24)21-18(19-6-2)20-10-7-16-22-17(14(3)4)23-25-16;/h5,14-15H,1,6-13H2,2-4H3,(H2,19,20,21);1H. The van der Waals surface area contributed by atoms with Gasteiger partial charge in [-0.15, -0.1) is 30.6 Å². The van der Waals surface area contributed by atoms with E-state index >= 15 is 0 Å². The van der Waals surface area contributed by atoms with Gasteiger partial charge in [0.1, 0.15) is 0 Å². The molecule has 1 fully saturated rings. The van der Waals surface area contributed by atoms with E-state index in [1.165, 1.54) is 0 Å². The van der Waals surface area contributed by atoms with Crippen molar-refractivity contribution in [2.45, 2.75) is 52.0 Å². The van der Waals surface area contributed by atoms with E-state index in [-0.39, 0.29) is 29.9 Å². The molecular formula is C18H33IN6O. The van der Waals surface area contributed by atoms with Gasteiger partial charge in [0.15, 0.2) is 11.8 Å². The Kier molecular flexibility index (Phi) is 10.8. The predicted molar refractivity (Wildman–Crippen MR) is 116 cm³/mol. The molecule has 1 aliphatic heterocycles. The van der Waals surface area contributed by atoms with Crippen molar-refractivity contribution >= 4 is 29.9 Å². The Hall–Kier alpha value is -1.16. The molecule has 1 aromatic rings. The molecular weight excluding hydrogens is 443 g/mol. The van der Waals surface area contributed by atoms with Crippen molar-refractivity contribution in [3.8, 4) is 0 Å². The summed E-state index contributed by atoms with van der Waals surface area (Å²) in [5, 5.41) is 10.9. The monoisotopic (exact) mass is 476 g/mol. The highest BCUT2D eigenvalue weighted by Gasteiger charge is 2.19. The van der Waals surface area contributed by atoms with Crippen LogP contribution in [0.2, 0.25) is 0 Å². The molecule has 0 radical (unpaired) electrons. The first-order valence-electron chi connectivity index (χ1n) is 9.33. The largest absolute Gasteiger partial charge is 0.357 e. The summed E-state index contributed by atoms with van der Waals surface area (Å²) in [7, 11) is 0. The Morgan fingerprint density at radius 1 is 1.42 bits per heavy atom. The minimum atomic E-state index is 0. The normalized spacial score (nSPS) is 16.4. The summed E-state index contributed by atoms with van der Waals surface area (Å²) >= 11 is 0. The number of nitrogens with one attached hydrogen (secondary N) is 2. The van der Waals surface area contributed by atoms with Gasteiger partial charge in [-0.25, -0.2) is 0 Å². The lowest BCUT2D eigenvalue weighted by atomic mass is 10.1. The van der Waals surface area contributed by atoms with Crippen molar-refractivity contribution in [2.75, 3.05) is 32.7 Å². The quantitative estimate of drug-likeness (QED) is 0.260. The topological polar surface area (TPSA) is 78.6 Å². The van der Waals surface area contributed by atoms with Gasteiger partial charge in [0.05, 0.1) is 6.54 Å². The minimum absolute atomic E-state index is 0. The van der Waals surface area contributed by atoms with Crippen LogP contribution in [0.15, 0.2) is 22.2 Å². The van der Waals surface area contributed by atoms with Crippen LogP contribution in [0.5, 0.6) is 0 Å². The molecule has 1 aromatic heterocycles. The van der Waals surface area contributed by atoms with Gasteiger partial charge in [0.25, 0.3) is 0 Å². The van der Waals surface area contributed by atoms with E-state index in [2.05, 4.69) is 58.0 Å². The number of hydrogen-bond acceptors (Lipinski definition) is 5. The van der Waals surface area contributed by atoms with E-state index in [1.54, 1.807) is 0 Å². The summed E-state index contributed by atoms with van der Waals surface area (Å²) in [5.41, 5.74) is 0. The van der Waals surface area contributed by atoms with Gasteiger partial charge < -0.3 is 15.2 Å². The van der Waals surface area contributed by atoms with Crippen LogP contribution in [0.25, 0.3) is 0 Å². The van der Waals surface area contributed by atoms with E-state index in [0.29, 0.717) is 24.9 Å². The first-order valence-corrected chi connectivity index (χ1v) is 9.33. The van der Waals surface area contributed by atoms with Gasteiger partial charge in [-0.1, -0.05) is 25.1 Å². The smallest absolute Gasteiger partial charge is 0.228 e. The highest BCUT2D eigenvalue weighted by atomic mass is 127. The summed E-state index contributed by atoms with van der Waals surface area (Å²) in [5.74, 6) is 2.57. The van der Waals surface area contributed by atoms with E-state index in [9.17, 15) is 0 Å². The molecule has 2 heterocycles. The Morgan fingerprint density at radius 2 is 2.15 bits per heavy atom. The second kappa shape index (κ2) is 12.3. The van der Waals surface area contributed by atoms with Crippen molar-refractivity contribution < 1.29 is 4.52 Å². The summed E-state index contributed by atoms with van der Waals surface area (Å²) in [4.78, 5) is 11.5. The molecule has 2 rings (SSSR count). The lowest BCUT2D eigenvalue weighted by molar-refractivity contribution is 0.225. The van der Waals surface area contributed by atoms with Crippen LogP contribution in [0.3, 0.4) is 0 Å². The number of nitrogens with zero attached hydrogens (tertiary/aromatic N) is 4. The maximum Gasteiger partial charge on any atom is 0.228 e. The lowest BCUT2D eigenvalue weighted by Crippen LogP contribution is -2.48. The highest BCUT2D eigenvalue weighted by Crippen LogP contribution is 2.11. The first kappa shape index (κ1) is 22.9. The maximum absolute atomic E-state index is 5.27. The van der Waals surface area contributed by atoms with Crippen LogP contribution in [0.1, 0.15) is 51.2 Å². The molecule has 1 saturated heterocycles. The summed E-state index contributed by atoms with van der Waals surface area (Å²) in [6, 6.07) is 0.467. The van der Waals surface area contributed by atoms with E-state index < -0.39 is 0 Å². The van der Waals surface area contributed by atoms with E-state index in [1.807, 2.05) is 6.08 Å². The zero-order chi connectivity index (χ0) is 18.1. The molecule has 2 N–H and O–H groups in total. The highest BCUT2D eigenvalue weighted by molar-refractivity contribution is 14.0. The molecule has 0 aliphatic carbocycles. The molecule has 0 aromatic carbocycles. The Balaban J connectivity index is 0.00000338. The molecule has 0 bridgehead atoms. The number of halogens is 1. The zero-order valence-corrected chi connectivity index (χ0v) is 18.5. The molecule has 0 spiro atoms.